The van der Waals surface area contributed by atoms with Gasteiger partial charge in [0, 0.05) is 0 Å². The molecule has 0 spiro atoms. The first kappa shape index (κ1) is 16.2. The lowest BCUT2D eigenvalue weighted by molar-refractivity contribution is 0.0697. The highest BCUT2D eigenvalue weighted by Gasteiger charge is 2.02. The Morgan fingerprint density at radius 1 is 0.889 bits per heavy atom. The first-order valence-electron chi connectivity index (χ1n) is 6.40. The zero-order valence-corrected chi connectivity index (χ0v) is 11.8. The van der Waals surface area contributed by atoms with Gasteiger partial charge in [-0.25, -0.2) is 4.79 Å². The molecule has 98 valence electrons. The molecule has 0 unspecified atom stereocenters. The molecule has 0 amide bonds. The van der Waals surface area contributed by atoms with E-state index in [-0.39, 0.29) is 0 Å². The van der Waals surface area contributed by atoms with Crippen LogP contribution in [0.1, 0.15) is 43.6 Å². The molecule has 0 saturated carbocycles. The van der Waals surface area contributed by atoms with Gasteiger partial charge in [-0.05, 0) is 29.8 Å². The lowest BCUT2D eigenvalue weighted by Gasteiger charge is -2.00. The Hall–Kier alpha value is -1.83. The number of rotatable bonds is 1. The van der Waals surface area contributed by atoms with Crippen molar-refractivity contribution in [3.63, 3.8) is 0 Å². The summed E-state index contributed by atoms with van der Waals surface area (Å²) in [6, 6.07) is 11.1. The minimum atomic E-state index is -0.882. The minimum Gasteiger partial charge on any atom is -0.478 e. The van der Waals surface area contributed by atoms with Crippen LogP contribution in [0, 0.1) is 6.92 Å². The number of carboxylic acids is 1. The fraction of sp³-hybridized carbons (Fsp3) is 0.312. The Balaban J connectivity index is 0.000000659. The van der Waals surface area contributed by atoms with Crippen molar-refractivity contribution in [3.8, 4) is 0 Å². The normalized spacial score (nSPS) is 8.72. The molecule has 0 heterocycles. The number of hydrogen-bond acceptors (Lipinski definition) is 1. The third-order valence-electron chi connectivity index (χ3n) is 2.24. The topological polar surface area (TPSA) is 37.3 Å². The van der Waals surface area contributed by atoms with E-state index in [4.69, 9.17) is 5.11 Å². The van der Waals surface area contributed by atoms with Crippen molar-refractivity contribution in [2.45, 2.75) is 34.6 Å². The van der Waals surface area contributed by atoms with Crippen LogP contribution in [0.25, 0.3) is 10.8 Å². The molecule has 2 rings (SSSR count). The summed E-state index contributed by atoms with van der Waals surface area (Å²) in [5.41, 5.74) is 1.52. The number of carbonyl (C=O) groups is 1. The fourth-order valence-electron chi connectivity index (χ4n) is 1.50. The summed E-state index contributed by atoms with van der Waals surface area (Å²) in [7, 11) is 0. The largest absolute Gasteiger partial charge is 0.478 e. The lowest BCUT2D eigenvalue weighted by atomic mass is 10.1. The van der Waals surface area contributed by atoms with E-state index in [1.54, 1.807) is 12.1 Å². The predicted molar refractivity (Wildman–Crippen MR) is 78.3 cm³/mol. The predicted octanol–water partition coefficient (Wildman–Crippen LogP) is 4.90. The molecule has 1 N–H and O–H groups in total. The molecule has 18 heavy (non-hydrogen) atoms. The molecule has 2 nitrogen and oxygen atoms in total. The van der Waals surface area contributed by atoms with Crippen molar-refractivity contribution in [2.24, 2.45) is 0 Å². The van der Waals surface area contributed by atoms with Gasteiger partial charge in [-0.1, -0.05) is 57.5 Å². The summed E-state index contributed by atoms with van der Waals surface area (Å²) in [4.78, 5) is 10.7. The molecule has 0 saturated heterocycles. The smallest absolute Gasteiger partial charge is 0.335 e. The Morgan fingerprint density at radius 3 is 1.94 bits per heavy atom. The van der Waals surface area contributed by atoms with Gasteiger partial charge >= 0.3 is 5.97 Å². The number of fused-ring (bicyclic) bond motifs is 1. The molecule has 0 aromatic heterocycles. The zero-order valence-electron chi connectivity index (χ0n) is 11.8. The standard InChI is InChI=1S/C12H10O2.2C2H6/c1-8-2-3-10-7-11(12(13)14)5-4-9(10)6-8;2*1-2/h2-7H,1H3,(H,13,14);2*1-2H3. The SMILES string of the molecule is CC.CC.Cc1ccc2cc(C(=O)O)ccc2c1. The summed E-state index contributed by atoms with van der Waals surface area (Å²) in [6.07, 6.45) is 0. The van der Waals surface area contributed by atoms with E-state index in [0.29, 0.717) is 5.56 Å². The lowest BCUT2D eigenvalue weighted by Crippen LogP contribution is -1.95. The highest BCUT2D eigenvalue weighted by molar-refractivity contribution is 5.94. The van der Waals surface area contributed by atoms with Gasteiger partial charge in [0.15, 0.2) is 0 Å². The van der Waals surface area contributed by atoms with Crippen molar-refractivity contribution >= 4 is 16.7 Å². The van der Waals surface area contributed by atoms with Crippen LogP contribution in [-0.4, -0.2) is 11.1 Å². The van der Waals surface area contributed by atoms with E-state index in [9.17, 15) is 4.79 Å². The molecule has 0 atom stereocenters. The Morgan fingerprint density at radius 2 is 1.39 bits per heavy atom. The van der Waals surface area contributed by atoms with Crippen molar-refractivity contribution in [1.82, 2.24) is 0 Å². The monoisotopic (exact) mass is 246 g/mol. The number of carboxylic acid groups (broad SMARTS) is 1. The van der Waals surface area contributed by atoms with Crippen LogP contribution in [0.15, 0.2) is 36.4 Å². The second kappa shape index (κ2) is 8.29. The summed E-state index contributed by atoms with van der Waals surface area (Å²) >= 11 is 0. The van der Waals surface area contributed by atoms with Crippen LogP contribution in [-0.2, 0) is 0 Å². The molecule has 0 radical (unpaired) electrons. The molecule has 0 aliphatic carbocycles. The van der Waals surface area contributed by atoms with Crippen molar-refractivity contribution in [1.29, 1.82) is 0 Å². The van der Waals surface area contributed by atoms with Gasteiger partial charge in [0.05, 0.1) is 5.56 Å². The summed E-state index contributed by atoms with van der Waals surface area (Å²) in [6.45, 7) is 10.0. The van der Waals surface area contributed by atoms with Crippen LogP contribution < -0.4 is 0 Å². The van der Waals surface area contributed by atoms with Crippen LogP contribution in [0.5, 0.6) is 0 Å². The number of hydrogen-bond donors (Lipinski definition) is 1. The van der Waals surface area contributed by atoms with Crippen LogP contribution in [0.2, 0.25) is 0 Å². The summed E-state index contributed by atoms with van der Waals surface area (Å²) in [5, 5.41) is 10.8. The van der Waals surface area contributed by atoms with E-state index in [1.165, 1.54) is 5.56 Å². The fourth-order valence-corrected chi connectivity index (χ4v) is 1.50. The summed E-state index contributed by atoms with van der Waals surface area (Å²) < 4.78 is 0. The number of aryl methyl sites for hydroxylation is 1. The highest BCUT2D eigenvalue weighted by atomic mass is 16.4. The molecular formula is C16H22O2. The first-order chi connectivity index (χ1) is 8.66. The van der Waals surface area contributed by atoms with E-state index >= 15 is 0 Å². The second-order valence-electron chi connectivity index (χ2n) is 3.37. The maximum Gasteiger partial charge on any atom is 0.335 e. The average molecular weight is 246 g/mol. The maximum atomic E-state index is 10.7. The van der Waals surface area contributed by atoms with Gasteiger partial charge in [0.1, 0.15) is 0 Å². The van der Waals surface area contributed by atoms with Gasteiger partial charge in [0.2, 0.25) is 0 Å². The third-order valence-corrected chi connectivity index (χ3v) is 2.24. The van der Waals surface area contributed by atoms with E-state index in [2.05, 4.69) is 0 Å². The molecule has 0 aliphatic rings. The van der Waals surface area contributed by atoms with Crippen molar-refractivity contribution in [3.05, 3.63) is 47.5 Å². The quantitative estimate of drug-likeness (QED) is 0.777. The van der Waals surface area contributed by atoms with E-state index in [0.717, 1.165) is 10.8 Å². The highest BCUT2D eigenvalue weighted by Crippen LogP contribution is 2.17. The van der Waals surface area contributed by atoms with Crippen LogP contribution >= 0.6 is 0 Å². The van der Waals surface area contributed by atoms with Crippen LogP contribution in [0.4, 0.5) is 0 Å². The molecule has 0 aliphatic heterocycles. The molecule has 2 aromatic rings. The first-order valence-corrected chi connectivity index (χ1v) is 6.40. The van der Waals surface area contributed by atoms with E-state index < -0.39 is 5.97 Å². The summed E-state index contributed by atoms with van der Waals surface area (Å²) in [5.74, 6) is -0.882. The second-order valence-corrected chi connectivity index (χ2v) is 3.37. The minimum absolute atomic E-state index is 0.335. The maximum absolute atomic E-state index is 10.7. The van der Waals surface area contributed by atoms with Crippen molar-refractivity contribution in [2.75, 3.05) is 0 Å². The van der Waals surface area contributed by atoms with Gasteiger partial charge in [-0.15, -0.1) is 0 Å². The van der Waals surface area contributed by atoms with Gasteiger partial charge in [-0.2, -0.15) is 0 Å². The molecule has 2 heteroatoms. The van der Waals surface area contributed by atoms with Gasteiger partial charge in [-0.3, -0.25) is 0 Å². The molecule has 0 bridgehead atoms. The molecule has 0 fully saturated rings. The van der Waals surface area contributed by atoms with Gasteiger partial charge < -0.3 is 5.11 Å². The Kier molecular flexibility index (Phi) is 7.45. The zero-order chi connectivity index (χ0) is 14.1. The average Bonchev–Trinajstić information content (AvgIpc) is 2.42. The van der Waals surface area contributed by atoms with Crippen molar-refractivity contribution < 1.29 is 9.90 Å². The van der Waals surface area contributed by atoms with E-state index in [1.807, 2.05) is 58.9 Å². The number of aromatic carboxylic acids is 1. The Bertz CT molecular complexity index is 501. The third kappa shape index (κ3) is 4.21. The number of benzene rings is 2. The van der Waals surface area contributed by atoms with Crippen LogP contribution in [0.3, 0.4) is 0 Å². The molecule has 2 aromatic carbocycles. The Labute approximate surface area is 109 Å². The van der Waals surface area contributed by atoms with Gasteiger partial charge in [0.25, 0.3) is 0 Å². The molecular weight excluding hydrogens is 224 g/mol.